The Morgan fingerprint density at radius 3 is 2.29 bits per heavy atom. The van der Waals surface area contributed by atoms with Crippen LogP contribution in [0.4, 0.5) is 4.39 Å². The zero-order valence-electron chi connectivity index (χ0n) is 3.81. The van der Waals surface area contributed by atoms with Gasteiger partial charge in [0.2, 0.25) is 0 Å². The fourth-order valence-corrected chi connectivity index (χ4v) is 0.0264. The Labute approximate surface area is 83.1 Å². The standard InChI is InChI=1S/C3H2FNO.K/c4-3(1-5)2-6;/h2,6H;/q;+1/p-1/b3-2-;. The van der Waals surface area contributed by atoms with Gasteiger partial charge in [-0.2, -0.15) is 9.65 Å². The van der Waals surface area contributed by atoms with Crippen molar-refractivity contribution >= 4 is 0 Å². The summed E-state index contributed by atoms with van der Waals surface area (Å²) in [5, 5.41) is 16.5. The maximum atomic E-state index is 11.0. The summed E-state index contributed by atoms with van der Waals surface area (Å²) in [5.41, 5.74) is 0. The first kappa shape index (κ1) is 10.6. The van der Waals surface area contributed by atoms with Crippen LogP contribution in [0.3, 0.4) is 0 Å². The maximum absolute atomic E-state index is 11.0. The van der Waals surface area contributed by atoms with E-state index in [1.807, 2.05) is 0 Å². The molecule has 2 nitrogen and oxygen atoms in total. The zero-order chi connectivity index (χ0) is 4.99. The van der Waals surface area contributed by atoms with Gasteiger partial charge in [-0.05, 0) is 0 Å². The van der Waals surface area contributed by atoms with Crippen molar-refractivity contribution in [2.75, 3.05) is 0 Å². The molecule has 0 aliphatic heterocycles. The third-order valence-corrected chi connectivity index (χ3v) is 0.210. The smallest absolute Gasteiger partial charge is 0.875 e. The van der Waals surface area contributed by atoms with Crippen molar-refractivity contribution in [1.82, 2.24) is 0 Å². The maximum Gasteiger partial charge on any atom is 1.00 e. The third-order valence-electron chi connectivity index (χ3n) is 0.210. The minimum absolute atomic E-state index is 0. The average molecular weight is 125 g/mol. The minimum Gasteiger partial charge on any atom is -0.875 e. The topological polar surface area (TPSA) is 46.8 Å². The van der Waals surface area contributed by atoms with Crippen molar-refractivity contribution in [1.29, 1.82) is 5.26 Å². The molecule has 0 rings (SSSR count). The summed E-state index contributed by atoms with van der Waals surface area (Å²) in [5.74, 6) is -1.28. The molecule has 0 N–H and O–H groups in total. The number of allylic oxidation sites excluding steroid dienone is 1. The van der Waals surface area contributed by atoms with Crippen LogP contribution in [0.1, 0.15) is 0 Å². The van der Waals surface area contributed by atoms with E-state index in [-0.39, 0.29) is 57.6 Å². The van der Waals surface area contributed by atoms with E-state index >= 15 is 0 Å². The summed E-state index contributed by atoms with van der Waals surface area (Å²) in [7, 11) is 0. The largest absolute Gasteiger partial charge is 1.00 e. The first-order valence-electron chi connectivity index (χ1n) is 1.19. The molecule has 0 heterocycles. The molecule has 4 heteroatoms. The van der Waals surface area contributed by atoms with Crippen LogP contribution in [0.25, 0.3) is 0 Å². The fourth-order valence-electron chi connectivity index (χ4n) is 0.0264. The van der Waals surface area contributed by atoms with Crippen LogP contribution < -0.4 is 56.5 Å². The molecule has 0 aromatic rings. The molecule has 0 saturated carbocycles. The first-order valence-corrected chi connectivity index (χ1v) is 1.19. The van der Waals surface area contributed by atoms with Gasteiger partial charge in [0.25, 0.3) is 0 Å². The van der Waals surface area contributed by atoms with Gasteiger partial charge in [-0.15, -0.1) is 6.26 Å². The van der Waals surface area contributed by atoms with E-state index in [9.17, 15) is 4.39 Å². The summed E-state index contributed by atoms with van der Waals surface area (Å²) in [6, 6.07) is 0.997. The van der Waals surface area contributed by atoms with Gasteiger partial charge in [-0.1, -0.05) is 0 Å². The molecule has 0 atom stereocenters. The van der Waals surface area contributed by atoms with Crippen molar-refractivity contribution in [2.24, 2.45) is 0 Å². The van der Waals surface area contributed by atoms with E-state index in [1.54, 1.807) is 0 Å². The molecule has 0 spiro atoms. The molecule has 7 heavy (non-hydrogen) atoms. The molecule has 0 unspecified atom stereocenters. The number of halogens is 1. The molecular weight excluding hydrogens is 124 g/mol. The van der Waals surface area contributed by atoms with Crippen molar-refractivity contribution < 1.29 is 60.9 Å². The second-order valence-corrected chi connectivity index (χ2v) is 0.578. The number of nitrogens with zero attached hydrogens (tertiary/aromatic N) is 1. The second-order valence-electron chi connectivity index (χ2n) is 0.578. The van der Waals surface area contributed by atoms with Crippen LogP contribution in [0.15, 0.2) is 12.1 Å². The number of hydrogen-bond acceptors (Lipinski definition) is 2. The van der Waals surface area contributed by atoms with Gasteiger partial charge >= 0.3 is 51.4 Å². The Morgan fingerprint density at radius 2 is 2.29 bits per heavy atom. The van der Waals surface area contributed by atoms with Crippen molar-refractivity contribution in [2.45, 2.75) is 0 Å². The van der Waals surface area contributed by atoms with Crippen LogP contribution in [0.2, 0.25) is 0 Å². The molecule has 0 amide bonds. The molecule has 0 radical (unpaired) electrons. The van der Waals surface area contributed by atoms with Crippen LogP contribution in [-0.2, 0) is 0 Å². The molecular formula is C3HFKNO. The Balaban J connectivity index is 0. The first-order chi connectivity index (χ1) is 2.81. The third kappa shape index (κ3) is 6.60. The van der Waals surface area contributed by atoms with E-state index in [2.05, 4.69) is 0 Å². The fraction of sp³-hybridized carbons (Fsp3) is 0. The molecule has 0 bridgehead atoms. The quantitative estimate of drug-likeness (QED) is 0.193. The van der Waals surface area contributed by atoms with Gasteiger partial charge in [0.15, 0.2) is 5.83 Å². The molecule has 32 valence electrons. The minimum atomic E-state index is -1.28. The Hall–Kier alpha value is 0.596. The van der Waals surface area contributed by atoms with E-state index in [0.29, 0.717) is 0 Å². The average Bonchev–Trinajstić information content (AvgIpc) is 1.65. The van der Waals surface area contributed by atoms with E-state index in [4.69, 9.17) is 10.4 Å². The van der Waals surface area contributed by atoms with E-state index in [1.165, 1.54) is 0 Å². The SMILES string of the molecule is N#C/C(F)=C/[O-].[K+]. The predicted octanol–water partition coefficient (Wildman–Crippen LogP) is -3.31. The molecule has 0 fully saturated rings. The van der Waals surface area contributed by atoms with Crippen LogP contribution in [0, 0.1) is 11.3 Å². The second kappa shape index (κ2) is 6.60. The van der Waals surface area contributed by atoms with Gasteiger partial charge in [0, 0.05) is 0 Å². The van der Waals surface area contributed by atoms with Crippen molar-refractivity contribution in [3.05, 3.63) is 12.1 Å². The van der Waals surface area contributed by atoms with Gasteiger partial charge in [0.05, 0.1) is 0 Å². The van der Waals surface area contributed by atoms with Crippen molar-refractivity contribution in [3.63, 3.8) is 0 Å². The monoisotopic (exact) mass is 125 g/mol. The number of rotatable bonds is 0. The molecule has 0 saturated heterocycles. The van der Waals surface area contributed by atoms with E-state index in [0.717, 1.165) is 6.07 Å². The summed E-state index contributed by atoms with van der Waals surface area (Å²) in [4.78, 5) is 0. The van der Waals surface area contributed by atoms with E-state index < -0.39 is 5.83 Å². The predicted molar refractivity (Wildman–Crippen MR) is 14.8 cm³/mol. The number of nitriles is 1. The molecule has 0 aromatic heterocycles. The number of hydrogen-bond donors (Lipinski definition) is 0. The van der Waals surface area contributed by atoms with Gasteiger partial charge in [-0.3, -0.25) is 0 Å². The molecule has 0 aromatic carbocycles. The zero-order valence-corrected chi connectivity index (χ0v) is 6.93. The van der Waals surface area contributed by atoms with Crippen LogP contribution in [-0.4, -0.2) is 0 Å². The van der Waals surface area contributed by atoms with Crippen LogP contribution >= 0.6 is 0 Å². The summed E-state index contributed by atoms with van der Waals surface area (Å²) in [6.45, 7) is 0. The van der Waals surface area contributed by atoms with Crippen molar-refractivity contribution in [3.8, 4) is 6.07 Å². The van der Waals surface area contributed by atoms with Gasteiger partial charge in [-0.25, -0.2) is 0 Å². The van der Waals surface area contributed by atoms with Crippen LogP contribution in [0.5, 0.6) is 0 Å². The summed E-state index contributed by atoms with van der Waals surface area (Å²) >= 11 is 0. The Bertz CT molecular complexity index is 106. The molecule has 0 aliphatic rings. The van der Waals surface area contributed by atoms with Gasteiger partial charge < -0.3 is 5.11 Å². The Kier molecular flexibility index (Phi) is 9.95. The summed E-state index contributed by atoms with van der Waals surface area (Å²) in [6.07, 6.45) is -0.139. The normalized spacial score (nSPS) is 8.86. The summed E-state index contributed by atoms with van der Waals surface area (Å²) < 4.78 is 11.0. The van der Waals surface area contributed by atoms with Gasteiger partial charge in [0.1, 0.15) is 6.07 Å². The molecule has 0 aliphatic carbocycles. The Morgan fingerprint density at radius 1 is 1.86 bits per heavy atom.